The van der Waals surface area contributed by atoms with Crippen LogP contribution in [0.15, 0.2) is 24.3 Å². The first kappa shape index (κ1) is 15.6. The number of nitrogens with one attached hydrogen (secondary N) is 2. The zero-order valence-corrected chi connectivity index (χ0v) is 11.9. The molecule has 0 unspecified atom stereocenters. The Morgan fingerprint density at radius 3 is 2.53 bits per heavy atom. The SMILES string of the molecule is CCCNCCNC(=O)C(C)(C)c1ccccc1F. The van der Waals surface area contributed by atoms with E-state index in [2.05, 4.69) is 17.6 Å². The summed E-state index contributed by atoms with van der Waals surface area (Å²) in [5, 5.41) is 6.04. The number of benzene rings is 1. The van der Waals surface area contributed by atoms with Crippen molar-refractivity contribution in [2.75, 3.05) is 19.6 Å². The summed E-state index contributed by atoms with van der Waals surface area (Å²) in [4.78, 5) is 12.1. The van der Waals surface area contributed by atoms with Gasteiger partial charge in [-0.1, -0.05) is 25.1 Å². The number of hydrogen-bond donors (Lipinski definition) is 2. The van der Waals surface area contributed by atoms with Gasteiger partial charge in [0.1, 0.15) is 5.82 Å². The minimum absolute atomic E-state index is 0.157. The molecule has 0 bridgehead atoms. The largest absolute Gasteiger partial charge is 0.354 e. The molecule has 4 heteroatoms. The van der Waals surface area contributed by atoms with Crippen LogP contribution in [0.2, 0.25) is 0 Å². The van der Waals surface area contributed by atoms with E-state index in [1.165, 1.54) is 6.07 Å². The molecule has 0 fully saturated rings. The number of amides is 1. The Morgan fingerprint density at radius 2 is 1.89 bits per heavy atom. The van der Waals surface area contributed by atoms with Gasteiger partial charge in [-0.05, 0) is 32.9 Å². The Labute approximate surface area is 114 Å². The van der Waals surface area contributed by atoms with E-state index >= 15 is 0 Å². The number of halogens is 1. The van der Waals surface area contributed by atoms with Gasteiger partial charge in [0, 0.05) is 18.7 Å². The summed E-state index contributed by atoms with van der Waals surface area (Å²) in [6.07, 6.45) is 1.06. The van der Waals surface area contributed by atoms with E-state index in [1.807, 2.05) is 0 Å². The Morgan fingerprint density at radius 1 is 1.21 bits per heavy atom. The normalized spacial score (nSPS) is 11.4. The fourth-order valence-corrected chi connectivity index (χ4v) is 1.88. The molecule has 0 atom stereocenters. The maximum Gasteiger partial charge on any atom is 0.230 e. The van der Waals surface area contributed by atoms with Crippen LogP contribution in [0.25, 0.3) is 0 Å². The van der Waals surface area contributed by atoms with E-state index in [9.17, 15) is 9.18 Å². The molecule has 0 saturated carbocycles. The van der Waals surface area contributed by atoms with Crippen LogP contribution in [0.4, 0.5) is 4.39 Å². The van der Waals surface area contributed by atoms with Crippen molar-refractivity contribution in [2.24, 2.45) is 0 Å². The molecule has 0 spiro atoms. The minimum Gasteiger partial charge on any atom is -0.354 e. The standard InChI is InChI=1S/C15H23FN2O/c1-4-9-17-10-11-18-14(19)15(2,3)12-7-5-6-8-13(12)16/h5-8,17H,4,9-11H2,1-3H3,(H,18,19). The van der Waals surface area contributed by atoms with Crippen LogP contribution in [0.1, 0.15) is 32.8 Å². The molecule has 3 nitrogen and oxygen atoms in total. The van der Waals surface area contributed by atoms with Gasteiger partial charge in [-0.25, -0.2) is 4.39 Å². The van der Waals surface area contributed by atoms with Crippen molar-refractivity contribution in [3.05, 3.63) is 35.6 Å². The molecule has 2 N–H and O–H groups in total. The molecule has 0 radical (unpaired) electrons. The zero-order valence-electron chi connectivity index (χ0n) is 11.9. The van der Waals surface area contributed by atoms with Gasteiger partial charge in [0.2, 0.25) is 5.91 Å². The molecular weight excluding hydrogens is 243 g/mol. The molecule has 0 saturated heterocycles. The quantitative estimate of drug-likeness (QED) is 0.743. The molecule has 0 aliphatic carbocycles. The number of carbonyl (C=O) groups is 1. The van der Waals surface area contributed by atoms with Crippen molar-refractivity contribution in [2.45, 2.75) is 32.6 Å². The smallest absolute Gasteiger partial charge is 0.230 e. The van der Waals surface area contributed by atoms with Gasteiger partial charge in [0.25, 0.3) is 0 Å². The predicted octanol–water partition coefficient (Wildman–Crippen LogP) is 2.22. The van der Waals surface area contributed by atoms with Crippen molar-refractivity contribution < 1.29 is 9.18 Å². The van der Waals surface area contributed by atoms with Crippen molar-refractivity contribution in [3.63, 3.8) is 0 Å². The van der Waals surface area contributed by atoms with Crippen LogP contribution in [0.3, 0.4) is 0 Å². The molecular formula is C15H23FN2O. The van der Waals surface area contributed by atoms with E-state index in [0.717, 1.165) is 19.5 Å². The van der Waals surface area contributed by atoms with Gasteiger partial charge in [0.15, 0.2) is 0 Å². The molecule has 0 aliphatic heterocycles. The topological polar surface area (TPSA) is 41.1 Å². The minimum atomic E-state index is -0.865. The number of carbonyl (C=O) groups excluding carboxylic acids is 1. The average Bonchev–Trinajstić information content (AvgIpc) is 2.38. The van der Waals surface area contributed by atoms with E-state index < -0.39 is 5.41 Å². The van der Waals surface area contributed by atoms with Gasteiger partial charge in [-0.2, -0.15) is 0 Å². The molecule has 0 aliphatic rings. The third-order valence-corrected chi connectivity index (χ3v) is 3.13. The molecule has 19 heavy (non-hydrogen) atoms. The lowest BCUT2D eigenvalue weighted by molar-refractivity contribution is -0.125. The van der Waals surface area contributed by atoms with Crippen LogP contribution in [-0.2, 0) is 10.2 Å². The molecule has 1 aromatic rings. The van der Waals surface area contributed by atoms with Crippen LogP contribution < -0.4 is 10.6 Å². The molecule has 1 rings (SSSR count). The van der Waals surface area contributed by atoms with Gasteiger partial charge < -0.3 is 10.6 Å². The molecule has 1 aromatic carbocycles. The fraction of sp³-hybridized carbons (Fsp3) is 0.533. The van der Waals surface area contributed by atoms with Crippen LogP contribution in [-0.4, -0.2) is 25.5 Å². The summed E-state index contributed by atoms with van der Waals surface area (Å²) in [7, 11) is 0. The van der Waals surface area contributed by atoms with E-state index in [0.29, 0.717) is 12.1 Å². The summed E-state index contributed by atoms with van der Waals surface area (Å²) < 4.78 is 13.7. The number of hydrogen-bond acceptors (Lipinski definition) is 2. The van der Waals surface area contributed by atoms with E-state index in [-0.39, 0.29) is 11.7 Å². The summed E-state index contributed by atoms with van der Waals surface area (Å²) in [6.45, 7) is 7.78. The van der Waals surface area contributed by atoms with E-state index in [1.54, 1.807) is 32.0 Å². The Kier molecular flexibility index (Phi) is 5.96. The third kappa shape index (κ3) is 4.31. The third-order valence-electron chi connectivity index (χ3n) is 3.13. The van der Waals surface area contributed by atoms with Crippen LogP contribution in [0, 0.1) is 5.82 Å². The summed E-state index contributed by atoms with van der Waals surface area (Å²) in [5.41, 5.74) is -0.440. The van der Waals surface area contributed by atoms with Crippen molar-refractivity contribution >= 4 is 5.91 Å². The highest BCUT2D eigenvalue weighted by molar-refractivity contribution is 5.87. The highest BCUT2D eigenvalue weighted by Crippen LogP contribution is 2.25. The Hall–Kier alpha value is -1.42. The van der Waals surface area contributed by atoms with Gasteiger partial charge >= 0.3 is 0 Å². The number of rotatable bonds is 7. The lowest BCUT2D eigenvalue weighted by atomic mass is 9.83. The summed E-state index contributed by atoms with van der Waals surface area (Å²) in [5.74, 6) is -0.498. The van der Waals surface area contributed by atoms with Gasteiger partial charge in [-0.3, -0.25) is 4.79 Å². The molecule has 106 valence electrons. The highest BCUT2D eigenvalue weighted by atomic mass is 19.1. The lowest BCUT2D eigenvalue weighted by Crippen LogP contribution is -2.43. The second-order valence-corrected chi connectivity index (χ2v) is 5.11. The van der Waals surface area contributed by atoms with Gasteiger partial charge in [-0.15, -0.1) is 0 Å². The van der Waals surface area contributed by atoms with Crippen molar-refractivity contribution in [3.8, 4) is 0 Å². The second-order valence-electron chi connectivity index (χ2n) is 5.11. The lowest BCUT2D eigenvalue weighted by Gasteiger charge is -2.24. The van der Waals surface area contributed by atoms with Crippen LogP contribution >= 0.6 is 0 Å². The summed E-state index contributed by atoms with van der Waals surface area (Å²) >= 11 is 0. The van der Waals surface area contributed by atoms with Crippen LogP contribution in [0.5, 0.6) is 0 Å². The summed E-state index contributed by atoms with van der Waals surface area (Å²) in [6, 6.07) is 6.41. The maximum atomic E-state index is 13.7. The van der Waals surface area contributed by atoms with Crippen molar-refractivity contribution in [1.29, 1.82) is 0 Å². The first-order valence-corrected chi connectivity index (χ1v) is 6.74. The van der Waals surface area contributed by atoms with Crippen molar-refractivity contribution in [1.82, 2.24) is 10.6 Å². The van der Waals surface area contributed by atoms with Gasteiger partial charge in [0.05, 0.1) is 5.41 Å². The molecule has 0 heterocycles. The Balaban J connectivity index is 2.57. The average molecular weight is 266 g/mol. The first-order chi connectivity index (χ1) is 9.00. The first-order valence-electron chi connectivity index (χ1n) is 6.74. The fourth-order valence-electron chi connectivity index (χ4n) is 1.88. The monoisotopic (exact) mass is 266 g/mol. The maximum absolute atomic E-state index is 13.7. The molecule has 0 aromatic heterocycles. The Bertz CT molecular complexity index is 418. The highest BCUT2D eigenvalue weighted by Gasteiger charge is 2.31. The predicted molar refractivity (Wildman–Crippen MR) is 75.6 cm³/mol. The van der Waals surface area contributed by atoms with E-state index in [4.69, 9.17) is 0 Å². The molecule has 1 amide bonds. The zero-order chi connectivity index (χ0) is 14.3. The second kappa shape index (κ2) is 7.24.